The zero-order valence-corrected chi connectivity index (χ0v) is 14.7. The van der Waals surface area contributed by atoms with Crippen LogP contribution in [0.4, 0.5) is 0 Å². The first-order chi connectivity index (χ1) is 11.6. The monoisotopic (exact) mass is 316 g/mol. The Hall–Kier alpha value is -2.28. The fourth-order valence-corrected chi connectivity index (χ4v) is 3.92. The van der Waals surface area contributed by atoms with Crippen LogP contribution in [0.25, 0.3) is 11.1 Å². The van der Waals surface area contributed by atoms with Gasteiger partial charge in [0.1, 0.15) is 11.5 Å². The Morgan fingerprint density at radius 3 is 2.58 bits per heavy atom. The van der Waals surface area contributed by atoms with Gasteiger partial charge in [0.25, 0.3) is 0 Å². The topological polar surface area (TPSA) is 9.23 Å². The van der Waals surface area contributed by atoms with Gasteiger partial charge in [0.2, 0.25) is 0 Å². The van der Waals surface area contributed by atoms with Gasteiger partial charge in [0.05, 0.1) is 0 Å². The number of para-hydroxylation sites is 1. The maximum absolute atomic E-state index is 6.41. The first-order valence-corrected chi connectivity index (χ1v) is 8.92. The molecule has 0 radical (unpaired) electrons. The molecule has 1 aliphatic heterocycles. The lowest BCUT2D eigenvalue weighted by molar-refractivity contribution is 0.373. The molecule has 0 saturated heterocycles. The van der Waals surface area contributed by atoms with Crippen LogP contribution in [0, 0.1) is 0 Å². The van der Waals surface area contributed by atoms with Gasteiger partial charge in [-0.15, -0.1) is 0 Å². The summed E-state index contributed by atoms with van der Waals surface area (Å²) in [6, 6.07) is 15.4. The van der Waals surface area contributed by atoms with Gasteiger partial charge in [-0.05, 0) is 42.0 Å². The van der Waals surface area contributed by atoms with Gasteiger partial charge in [-0.3, -0.25) is 0 Å². The molecule has 2 aromatic carbocycles. The molecule has 0 saturated carbocycles. The molecule has 0 fully saturated rings. The van der Waals surface area contributed by atoms with Crippen molar-refractivity contribution in [1.29, 1.82) is 0 Å². The number of benzene rings is 2. The first kappa shape index (κ1) is 15.3. The van der Waals surface area contributed by atoms with Gasteiger partial charge in [-0.25, -0.2) is 0 Å². The van der Waals surface area contributed by atoms with Crippen LogP contribution in [0.15, 0.2) is 65.9 Å². The van der Waals surface area contributed by atoms with Crippen molar-refractivity contribution in [3.8, 4) is 16.9 Å². The number of aryl methyl sites for hydroxylation is 1. The number of allylic oxidation sites excluding steroid dienone is 3. The van der Waals surface area contributed by atoms with E-state index in [0.29, 0.717) is 0 Å². The molecule has 1 aliphatic carbocycles. The van der Waals surface area contributed by atoms with E-state index in [2.05, 4.69) is 75.4 Å². The second-order valence-electron chi connectivity index (χ2n) is 7.24. The summed E-state index contributed by atoms with van der Waals surface area (Å²) in [5.74, 6) is 2.08. The predicted octanol–water partition coefficient (Wildman–Crippen LogP) is 6.19. The molecular weight excluding hydrogens is 292 g/mol. The lowest BCUT2D eigenvalue weighted by atomic mass is 9.72. The summed E-state index contributed by atoms with van der Waals surface area (Å²) < 4.78 is 6.41. The number of hydrogen-bond donors (Lipinski definition) is 0. The molecule has 24 heavy (non-hydrogen) atoms. The first-order valence-electron chi connectivity index (χ1n) is 8.92. The molecule has 4 rings (SSSR count). The molecule has 0 unspecified atom stereocenters. The third kappa shape index (κ3) is 2.31. The summed E-state index contributed by atoms with van der Waals surface area (Å²) in [6.07, 6.45) is 7.64. The van der Waals surface area contributed by atoms with Crippen LogP contribution in [0.3, 0.4) is 0 Å². The average molecular weight is 316 g/mol. The third-order valence-corrected chi connectivity index (χ3v) is 5.46. The smallest absolute Gasteiger partial charge is 0.139 e. The Morgan fingerprint density at radius 1 is 1.04 bits per heavy atom. The van der Waals surface area contributed by atoms with Crippen LogP contribution >= 0.6 is 0 Å². The maximum atomic E-state index is 6.41. The molecule has 122 valence electrons. The van der Waals surface area contributed by atoms with Crippen molar-refractivity contribution < 1.29 is 4.74 Å². The molecule has 1 nitrogen and oxygen atoms in total. The molecule has 2 aromatic rings. The van der Waals surface area contributed by atoms with E-state index in [1.807, 2.05) is 0 Å². The van der Waals surface area contributed by atoms with E-state index in [0.717, 1.165) is 30.8 Å². The Morgan fingerprint density at radius 2 is 1.83 bits per heavy atom. The molecule has 0 bridgehead atoms. The Balaban J connectivity index is 1.86. The van der Waals surface area contributed by atoms with Gasteiger partial charge in [0, 0.05) is 16.5 Å². The van der Waals surface area contributed by atoms with Crippen LogP contribution in [0.5, 0.6) is 5.75 Å². The minimum atomic E-state index is 0.0209. The van der Waals surface area contributed by atoms with Crippen LogP contribution in [0.1, 0.15) is 44.7 Å². The molecule has 2 aliphatic rings. The standard InChI is InChI=1S/C23H24O/c1-4-16-12-14-17(15-13-16)18-8-7-10-20-22(18)24-21-11-6-5-9-19(21)23(20,2)3/h6-8,10-15H,4-5,9H2,1-3H3. The van der Waals surface area contributed by atoms with Crippen LogP contribution in [-0.4, -0.2) is 0 Å². The van der Waals surface area contributed by atoms with Crippen molar-refractivity contribution in [3.05, 3.63) is 77.1 Å². The van der Waals surface area contributed by atoms with E-state index < -0.39 is 0 Å². The fraction of sp³-hybridized carbons (Fsp3) is 0.304. The zero-order valence-electron chi connectivity index (χ0n) is 14.7. The summed E-state index contributed by atoms with van der Waals surface area (Å²) in [7, 11) is 0. The number of ether oxygens (including phenoxy) is 1. The van der Waals surface area contributed by atoms with Crippen molar-refractivity contribution >= 4 is 0 Å². The normalized spacial score (nSPS) is 18.0. The van der Waals surface area contributed by atoms with E-state index in [9.17, 15) is 0 Å². The van der Waals surface area contributed by atoms with Crippen molar-refractivity contribution in [1.82, 2.24) is 0 Å². The largest absolute Gasteiger partial charge is 0.456 e. The van der Waals surface area contributed by atoms with Crippen molar-refractivity contribution in [2.75, 3.05) is 0 Å². The zero-order chi connectivity index (χ0) is 16.7. The van der Waals surface area contributed by atoms with E-state index in [-0.39, 0.29) is 5.41 Å². The molecule has 0 atom stereocenters. The van der Waals surface area contributed by atoms with Crippen molar-refractivity contribution in [2.45, 2.75) is 45.4 Å². The Bertz CT molecular complexity index is 835. The second-order valence-corrected chi connectivity index (χ2v) is 7.24. The van der Waals surface area contributed by atoms with Gasteiger partial charge in [-0.1, -0.05) is 69.3 Å². The maximum Gasteiger partial charge on any atom is 0.139 e. The van der Waals surface area contributed by atoms with E-state index in [1.165, 1.54) is 27.8 Å². The van der Waals surface area contributed by atoms with E-state index in [1.54, 1.807) is 0 Å². The van der Waals surface area contributed by atoms with Gasteiger partial charge in [-0.2, -0.15) is 0 Å². The molecule has 0 spiro atoms. The molecule has 1 heteroatoms. The minimum Gasteiger partial charge on any atom is -0.456 e. The van der Waals surface area contributed by atoms with Gasteiger partial charge >= 0.3 is 0 Å². The molecule has 1 heterocycles. The molecule has 0 aromatic heterocycles. The van der Waals surface area contributed by atoms with E-state index in [4.69, 9.17) is 4.74 Å². The summed E-state index contributed by atoms with van der Waals surface area (Å²) in [5.41, 5.74) is 6.53. The Labute approximate surface area is 144 Å². The quantitative estimate of drug-likeness (QED) is 0.642. The van der Waals surface area contributed by atoms with Crippen molar-refractivity contribution in [2.24, 2.45) is 0 Å². The fourth-order valence-electron chi connectivity index (χ4n) is 3.92. The van der Waals surface area contributed by atoms with Gasteiger partial charge in [0.15, 0.2) is 0 Å². The number of rotatable bonds is 2. The van der Waals surface area contributed by atoms with Crippen molar-refractivity contribution in [3.63, 3.8) is 0 Å². The molecule has 0 N–H and O–H groups in total. The Kier molecular flexibility index (Phi) is 3.60. The summed E-state index contributed by atoms with van der Waals surface area (Å²) in [4.78, 5) is 0. The van der Waals surface area contributed by atoms with Crippen LogP contribution in [-0.2, 0) is 11.8 Å². The minimum absolute atomic E-state index is 0.0209. The number of fused-ring (bicyclic) bond motifs is 1. The lowest BCUT2D eigenvalue weighted by Gasteiger charge is -2.38. The summed E-state index contributed by atoms with van der Waals surface area (Å²) in [6.45, 7) is 6.84. The highest BCUT2D eigenvalue weighted by molar-refractivity contribution is 5.75. The summed E-state index contributed by atoms with van der Waals surface area (Å²) >= 11 is 0. The van der Waals surface area contributed by atoms with E-state index >= 15 is 0 Å². The summed E-state index contributed by atoms with van der Waals surface area (Å²) in [5, 5.41) is 0. The molecular formula is C23H24O. The predicted molar refractivity (Wildman–Crippen MR) is 100 cm³/mol. The third-order valence-electron chi connectivity index (χ3n) is 5.46. The van der Waals surface area contributed by atoms with Crippen LogP contribution in [0.2, 0.25) is 0 Å². The second kappa shape index (κ2) is 5.66. The molecule has 0 amide bonds. The highest BCUT2D eigenvalue weighted by Gasteiger charge is 2.37. The highest BCUT2D eigenvalue weighted by Crippen LogP contribution is 2.49. The average Bonchev–Trinajstić information content (AvgIpc) is 2.62. The highest BCUT2D eigenvalue weighted by atomic mass is 16.5. The lowest BCUT2D eigenvalue weighted by Crippen LogP contribution is -2.29. The number of hydrogen-bond acceptors (Lipinski definition) is 1. The van der Waals surface area contributed by atoms with Gasteiger partial charge < -0.3 is 4.74 Å². The van der Waals surface area contributed by atoms with Crippen LogP contribution < -0.4 is 4.74 Å². The SMILES string of the molecule is CCc1ccc(-c2cccc3c2OC2=C(CCC=C2)C3(C)C)cc1.